The van der Waals surface area contributed by atoms with Gasteiger partial charge in [0.15, 0.2) is 5.75 Å². The van der Waals surface area contributed by atoms with Crippen molar-refractivity contribution < 1.29 is 15.2 Å². The Morgan fingerprint density at radius 3 is 2.60 bits per heavy atom. The van der Waals surface area contributed by atoms with Gasteiger partial charge in [0.05, 0.1) is 5.69 Å². The molecule has 0 saturated heterocycles. The molecular weight excluding hydrogens is 134 g/mol. The van der Waals surface area contributed by atoms with Crippen molar-refractivity contribution in [1.82, 2.24) is 0 Å². The van der Waals surface area contributed by atoms with Crippen molar-refractivity contribution in [3.8, 4) is 5.75 Å². The third-order valence-corrected chi connectivity index (χ3v) is 1.05. The van der Waals surface area contributed by atoms with Crippen molar-refractivity contribution >= 4 is 5.69 Å². The molecule has 10 heavy (non-hydrogen) atoms. The van der Waals surface area contributed by atoms with E-state index < -0.39 is 0 Å². The number of nitrogen functional groups attached to an aromatic ring is 1. The molecule has 0 aliphatic heterocycles. The average Bonchev–Trinajstić information content (AvgIpc) is 1.94. The van der Waals surface area contributed by atoms with E-state index in [4.69, 9.17) is 11.0 Å². The molecule has 0 unspecified atom stereocenters. The SMILES string of the molecule is Nc1ccccc1OOO. The Hall–Kier alpha value is -1.26. The summed E-state index contributed by atoms with van der Waals surface area (Å²) in [5.41, 5.74) is 5.80. The zero-order chi connectivity index (χ0) is 7.40. The summed E-state index contributed by atoms with van der Waals surface area (Å²) in [6, 6.07) is 6.67. The van der Waals surface area contributed by atoms with Gasteiger partial charge in [0.1, 0.15) is 0 Å². The topological polar surface area (TPSA) is 64.7 Å². The van der Waals surface area contributed by atoms with Crippen LogP contribution in [0.2, 0.25) is 0 Å². The van der Waals surface area contributed by atoms with Gasteiger partial charge in [-0.25, -0.2) is 5.26 Å². The summed E-state index contributed by atoms with van der Waals surface area (Å²) in [4.78, 5) is 4.27. The summed E-state index contributed by atoms with van der Waals surface area (Å²) >= 11 is 0. The first-order chi connectivity index (χ1) is 4.84. The number of benzene rings is 1. The third kappa shape index (κ3) is 1.37. The van der Waals surface area contributed by atoms with Crippen LogP contribution in [0.15, 0.2) is 24.3 Å². The molecule has 54 valence electrons. The molecule has 1 aromatic carbocycles. The van der Waals surface area contributed by atoms with Gasteiger partial charge in [-0.3, -0.25) is 0 Å². The molecule has 0 fully saturated rings. The van der Waals surface area contributed by atoms with Gasteiger partial charge in [-0.15, -0.1) is 0 Å². The Balaban J connectivity index is 2.81. The monoisotopic (exact) mass is 141 g/mol. The van der Waals surface area contributed by atoms with E-state index in [1.54, 1.807) is 24.3 Å². The Morgan fingerprint density at radius 1 is 1.30 bits per heavy atom. The summed E-state index contributed by atoms with van der Waals surface area (Å²) < 4.78 is 0. The Labute approximate surface area is 57.7 Å². The predicted molar refractivity (Wildman–Crippen MR) is 35.2 cm³/mol. The Kier molecular flexibility index (Phi) is 2.09. The highest BCUT2D eigenvalue weighted by Gasteiger charge is 1.96. The van der Waals surface area contributed by atoms with Crippen LogP contribution in [0, 0.1) is 0 Å². The van der Waals surface area contributed by atoms with Crippen LogP contribution >= 0.6 is 0 Å². The molecule has 0 saturated carbocycles. The zero-order valence-electron chi connectivity index (χ0n) is 5.15. The minimum Gasteiger partial charge on any atom is -0.396 e. The molecule has 0 bridgehead atoms. The summed E-state index contributed by atoms with van der Waals surface area (Å²) in [5.74, 6) is 0.296. The van der Waals surface area contributed by atoms with Crippen LogP contribution in [0.5, 0.6) is 5.75 Å². The molecule has 1 aromatic rings. The molecule has 4 nitrogen and oxygen atoms in total. The number of anilines is 1. The molecule has 0 amide bonds. The summed E-state index contributed by atoms with van der Waals surface area (Å²) in [7, 11) is 0. The third-order valence-electron chi connectivity index (χ3n) is 1.05. The fraction of sp³-hybridized carbons (Fsp3) is 0. The summed E-state index contributed by atoms with van der Waals surface area (Å²) in [6.45, 7) is 0. The van der Waals surface area contributed by atoms with E-state index in [0.29, 0.717) is 11.4 Å². The fourth-order valence-electron chi connectivity index (χ4n) is 0.597. The lowest BCUT2D eigenvalue weighted by atomic mass is 10.3. The van der Waals surface area contributed by atoms with Crippen molar-refractivity contribution in [1.29, 1.82) is 0 Å². The second kappa shape index (κ2) is 3.05. The molecule has 4 heteroatoms. The maximum Gasteiger partial charge on any atom is 0.191 e. The number of rotatable bonds is 2. The molecule has 0 spiro atoms. The number of hydrogen-bond acceptors (Lipinski definition) is 4. The molecule has 1 rings (SSSR count). The second-order valence-corrected chi connectivity index (χ2v) is 1.70. The van der Waals surface area contributed by atoms with Gasteiger partial charge in [0.25, 0.3) is 0 Å². The van der Waals surface area contributed by atoms with Crippen LogP contribution < -0.4 is 10.6 Å². The highest BCUT2D eigenvalue weighted by Crippen LogP contribution is 2.19. The van der Waals surface area contributed by atoms with Crippen molar-refractivity contribution in [3.63, 3.8) is 0 Å². The number of nitrogens with two attached hydrogens (primary N) is 1. The van der Waals surface area contributed by atoms with Gasteiger partial charge in [-0.05, 0) is 17.2 Å². The van der Waals surface area contributed by atoms with Gasteiger partial charge in [0.2, 0.25) is 0 Å². The van der Waals surface area contributed by atoms with Gasteiger partial charge in [-0.1, -0.05) is 12.1 Å². The zero-order valence-corrected chi connectivity index (χ0v) is 5.15. The van der Waals surface area contributed by atoms with Crippen LogP contribution in [-0.4, -0.2) is 5.26 Å². The molecule has 0 atom stereocenters. The van der Waals surface area contributed by atoms with E-state index in [1.165, 1.54) is 0 Å². The van der Waals surface area contributed by atoms with Gasteiger partial charge in [0, 0.05) is 0 Å². The van der Waals surface area contributed by atoms with Gasteiger partial charge < -0.3 is 10.6 Å². The molecule has 0 aliphatic carbocycles. The van der Waals surface area contributed by atoms with E-state index in [0.717, 1.165) is 0 Å². The van der Waals surface area contributed by atoms with Crippen molar-refractivity contribution in [2.45, 2.75) is 0 Å². The van der Waals surface area contributed by atoms with Crippen LogP contribution in [0.1, 0.15) is 0 Å². The van der Waals surface area contributed by atoms with Crippen molar-refractivity contribution in [2.75, 3.05) is 5.73 Å². The van der Waals surface area contributed by atoms with E-state index >= 15 is 0 Å². The first kappa shape index (κ1) is 6.85. The molecule has 0 aromatic heterocycles. The minimum absolute atomic E-state index is 0.296. The van der Waals surface area contributed by atoms with Crippen LogP contribution in [0.25, 0.3) is 0 Å². The summed E-state index contributed by atoms with van der Waals surface area (Å²) in [6.07, 6.45) is 0. The van der Waals surface area contributed by atoms with E-state index in [9.17, 15) is 0 Å². The molecule has 3 N–H and O–H groups in total. The van der Waals surface area contributed by atoms with Crippen molar-refractivity contribution in [3.05, 3.63) is 24.3 Å². The highest BCUT2D eigenvalue weighted by molar-refractivity contribution is 5.51. The summed E-state index contributed by atoms with van der Waals surface area (Å²) in [5, 5.41) is 11.3. The van der Waals surface area contributed by atoms with Crippen LogP contribution in [0.4, 0.5) is 5.69 Å². The highest BCUT2D eigenvalue weighted by atomic mass is 17.5. The molecule has 0 heterocycles. The van der Waals surface area contributed by atoms with Crippen molar-refractivity contribution in [2.24, 2.45) is 0 Å². The van der Waals surface area contributed by atoms with Crippen LogP contribution in [0.3, 0.4) is 0 Å². The number of hydrogen-bond donors (Lipinski definition) is 2. The first-order valence-electron chi connectivity index (χ1n) is 2.67. The van der Waals surface area contributed by atoms with Crippen LogP contribution in [-0.2, 0) is 5.04 Å². The quantitative estimate of drug-likeness (QED) is 0.367. The van der Waals surface area contributed by atoms with E-state index in [1.807, 2.05) is 0 Å². The molecule has 0 radical (unpaired) electrons. The van der Waals surface area contributed by atoms with Gasteiger partial charge >= 0.3 is 0 Å². The standard InChI is InChI=1S/C6H7NO3/c7-5-3-1-2-4-6(5)9-10-8/h1-4,8H,7H2. The lowest BCUT2D eigenvalue weighted by Crippen LogP contribution is -1.95. The second-order valence-electron chi connectivity index (χ2n) is 1.70. The number of para-hydroxylation sites is 2. The largest absolute Gasteiger partial charge is 0.396 e. The van der Waals surface area contributed by atoms with Gasteiger partial charge in [-0.2, -0.15) is 0 Å². The normalized spacial score (nSPS) is 9.30. The van der Waals surface area contributed by atoms with E-state index in [2.05, 4.69) is 9.93 Å². The lowest BCUT2D eigenvalue weighted by Gasteiger charge is -2.00. The van der Waals surface area contributed by atoms with E-state index in [-0.39, 0.29) is 0 Å². The molecular formula is C6H7NO3. The average molecular weight is 141 g/mol. The predicted octanol–water partition coefficient (Wildman–Crippen LogP) is 1.05. The first-order valence-corrected chi connectivity index (χ1v) is 2.67. The lowest BCUT2D eigenvalue weighted by molar-refractivity contribution is -0.438. The Bertz CT molecular complexity index is 214. The maximum atomic E-state index is 7.87. The molecule has 0 aliphatic rings. The smallest absolute Gasteiger partial charge is 0.191 e. The minimum atomic E-state index is 0.296. The Morgan fingerprint density at radius 2 is 2.00 bits per heavy atom. The maximum absolute atomic E-state index is 7.87. The fourth-order valence-corrected chi connectivity index (χ4v) is 0.597.